The topological polar surface area (TPSA) is 9.23 Å². The molecule has 0 aliphatic carbocycles. The average Bonchev–Trinajstić information content (AvgIpc) is 2.16. The van der Waals surface area contributed by atoms with Crippen LogP contribution in [0, 0.1) is 0 Å². The third-order valence-electron chi connectivity index (χ3n) is 2.58. The molecule has 0 N–H and O–H groups in total. The Morgan fingerprint density at radius 2 is 1.06 bits per heavy atom. The fraction of sp³-hybridized carbons (Fsp3) is 0.714. The summed E-state index contributed by atoms with van der Waals surface area (Å²) in [6.07, 6.45) is 11.4. The number of rotatable bonds is 8. The summed E-state index contributed by atoms with van der Waals surface area (Å²) in [7, 11) is -2.99. The average molecular weight is 271 g/mol. The molecule has 0 atom stereocenters. The van der Waals surface area contributed by atoms with E-state index in [1.54, 1.807) is 0 Å². The Labute approximate surface area is 110 Å². The lowest BCUT2D eigenvalue weighted by molar-refractivity contribution is 0.548. The number of hydrogen-bond donors (Lipinski definition) is 0. The highest BCUT2D eigenvalue weighted by Crippen LogP contribution is 2.22. The van der Waals surface area contributed by atoms with Gasteiger partial charge >= 0.3 is 0 Å². The normalized spacial score (nSPS) is 14.0. The summed E-state index contributed by atoms with van der Waals surface area (Å²) in [5.74, 6) is 0. The van der Waals surface area contributed by atoms with Crippen LogP contribution in [0.5, 0.6) is 0 Å². The SMILES string of the molecule is CCC=CC[Si](C)(C)O[Si](C)(C)CC=CCC. The van der Waals surface area contributed by atoms with Gasteiger partial charge < -0.3 is 4.12 Å². The van der Waals surface area contributed by atoms with Crippen molar-refractivity contribution in [2.24, 2.45) is 0 Å². The van der Waals surface area contributed by atoms with Crippen molar-refractivity contribution in [3.05, 3.63) is 24.3 Å². The van der Waals surface area contributed by atoms with Gasteiger partial charge in [0.25, 0.3) is 0 Å². The van der Waals surface area contributed by atoms with Crippen molar-refractivity contribution < 1.29 is 4.12 Å². The summed E-state index contributed by atoms with van der Waals surface area (Å²) in [5, 5.41) is 0. The van der Waals surface area contributed by atoms with Crippen LogP contribution in [0.4, 0.5) is 0 Å². The molecule has 0 aromatic rings. The molecule has 0 aromatic heterocycles. The highest BCUT2D eigenvalue weighted by molar-refractivity contribution is 6.85. The van der Waals surface area contributed by atoms with Crippen LogP contribution < -0.4 is 0 Å². The molecule has 0 aliphatic heterocycles. The summed E-state index contributed by atoms with van der Waals surface area (Å²) in [5.41, 5.74) is 0. The fourth-order valence-electron chi connectivity index (χ4n) is 1.90. The summed E-state index contributed by atoms with van der Waals surface area (Å²) < 4.78 is 6.49. The fourth-order valence-corrected chi connectivity index (χ4v) is 10.0. The van der Waals surface area contributed by atoms with Crippen molar-refractivity contribution >= 4 is 16.6 Å². The molecule has 0 rings (SSSR count). The highest BCUT2D eigenvalue weighted by Gasteiger charge is 2.31. The largest absolute Gasteiger partial charge is 0.455 e. The Kier molecular flexibility index (Phi) is 8.00. The third kappa shape index (κ3) is 9.56. The predicted octanol–water partition coefficient (Wildman–Crippen LogP) is 5.35. The lowest BCUT2D eigenvalue weighted by Gasteiger charge is -2.32. The van der Waals surface area contributed by atoms with E-state index in [-0.39, 0.29) is 0 Å². The zero-order valence-corrected chi connectivity index (χ0v) is 14.5. The Morgan fingerprint density at radius 1 is 0.706 bits per heavy atom. The molecule has 0 spiro atoms. The van der Waals surface area contributed by atoms with Gasteiger partial charge in [0, 0.05) is 0 Å². The van der Waals surface area contributed by atoms with Gasteiger partial charge in [-0.05, 0) is 51.1 Å². The van der Waals surface area contributed by atoms with Gasteiger partial charge in [0.1, 0.15) is 0 Å². The van der Waals surface area contributed by atoms with Gasteiger partial charge in [-0.1, -0.05) is 38.2 Å². The summed E-state index contributed by atoms with van der Waals surface area (Å²) >= 11 is 0. The molecule has 0 heterocycles. The van der Waals surface area contributed by atoms with Crippen LogP contribution in [-0.2, 0) is 4.12 Å². The van der Waals surface area contributed by atoms with E-state index >= 15 is 0 Å². The van der Waals surface area contributed by atoms with Gasteiger partial charge in [-0.15, -0.1) is 0 Å². The molecule has 0 unspecified atom stereocenters. The van der Waals surface area contributed by atoms with Crippen LogP contribution in [0.3, 0.4) is 0 Å². The van der Waals surface area contributed by atoms with E-state index in [9.17, 15) is 0 Å². The zero-order valence-electron chi connectivity index (χ0n) is 12.5. The second-order valence-electron chi connectivity index (χ2n) is 5.79. The Morgan fingerprint density at radius 3 is 1.35 bits per heavy atom. The summed E-state index contributed by atoms with van der Waals surface area (Å²) in [6.45, 7) is 13.7. The maximum absolute atomic E-state index is 6.49. The highest BCUT2D eigenvalue weighted by atomic mass is 28.4. The van der Waals surface area contributed by atoms with E-state index in [1.807, 2.05) is 0 Å². The maximum atomic E-state index is 6.49. The van der Waals surface area contributed by atoms with Crippen LogP contribution in [0.1, 0.15) is 26.7 Å². The molecule has 0 amide bonds. The molecule has 3 heteroatoms. The number of hydrogen-bond acceptors (Lipinski definition) is 1. The molecule has 0 saturated carbocycles. The van der Waals surface area contributed by atoms with Crippen molar-refractivity contribution in [3.8, 4) is 0 Å². The molecule has 1 nitrogen and oxygen atoms in total. The van der Waals surface area contributed by atoms with Crippen LogP contribution in [0.2, 0.25) is 38.3 Å². The first-order valence-electron chi connectivity index (χ1n) is 6.83. The summed E-state index contributed by atoms with van der Waals surface area (Å²) in [6, 6.07) is 2.30. The minimum atomic E-state index is -1.50. The third-order valence-corrected chi connectivity index (χ3v) is 9.43. The van der Waals surface area contributed by atoms with Crippen molar-refractivity contribution in [1.82, 2.24) is 0 Å². The van der Waals surface area contributed by atoms with E-state index in [0.717, 1.165) is 24.9 Å². The molecular weight excluding hydrogens is 240 g/mol. The van der Waals surface area contributed by atoms with Crippen molar-refractivity contribution in [1.29, 1.82) is 0 Å². The van der Waals surface area contributed by atoms with Gasteiger partial charge in [-0.2, -0.15) is 0 Å². The van der Waals surface area contributed by atoms with Crippen LogP contribution in [-0.4, -0.2) is 16.6 Å². The van der Waals surface area contributed by atoms with Gasteiger partial charge in [-0.3, -0.25) is 0 Å². The quantitative estimate of drug-likeness (QED) is 0.427. The molecule has 0 aliphatic rings. The van der Waals surface area contributed by atoms with E-state index in [0.29, 0.717) is 0 Å². The van der Waals surface area contributed by atoms with E-state index in [2.05, 4.69) is 64.3 Å². The molecule has 0 saturated heterocycles. The maximum Gasteiger partial charge on any atom is 0.177 e. The molecule has 0 aromatic carbocycles. The zero-order chi connectivity index (χ0) is 13.4. The second kappa shape index (κ2) is 8.06. The van der Waals surface area contributed by atoms with Crippen molar-refractivity contribution in [3.63, 3.8) is 0 Å². The first-order chi connectivity index (χ1) is 7.83. The lowest BCUT2D eigenvalue weighted by Crippen LogP contribution is -2.43. The van der Waals surface area contributed by atoms with E-state index in [1.165, 1.54) is 0 Å². The van der Waals surface area contributed by atoms with Crippen LogP contribution in [0.25, 0.3) is 0 Å². The van der Waals surface area contributed by atoms with Gasteiger partial charge in [0.2, 0.25) is 0 Å². The second-order valence-corrected chi connectivity index (χ2v) is 14.5. The van der Waals surface area contributed by atoms with Crippen LogP contribution >= 0.6 is 0 Å². The molecule has 0 radical (unpaired) electrons. The van der Waals surface area contributed by atoms with Crippen molar-refractivity contribution in [2.45, 2.75) is 65.0 Å². The lowest BCUT2D eigenvalue weighted by atomic mass is 10.4. The predicted molar refractivity (Wildman–Crippen MR) is 84.5 cm³/mol. The van der Waals surface area contributed by atoms with E-state index in [4.69, 9.17) is 4.12 Å². The smallest absolute Gasteiger partial charge is 0.177 e. The van der Waals surface area contributed by atoms with E-state index < -0.39 is 16.6 Å². The standard InChI is InChI=1S/C14H30OSi2/c1-7-9-11-13-16(3,4)15-17(5,6)14-12-10-8-2/h9-12H,7-8,13-14H2,1-6H3. The Bertz CT molecular complexity index is 229. The molecule has 0 bridgehead atoms. The number of allylic oxidation sites excluding steroid dienone is 4. The monoisotopic (exact) mass is 270 g/mol. The molecule has 0 fully saturated rings. The minimum Gasteiger partial charge on any atom is -0.455 e. The Balaban J connectivity index is 4.26. The van der Waals surface area contributed by atoms with Crippen molar-refractivity contribution in [2.75, 3.05) is 0 Å². The van der Waals surface area contributed by atoms with Gasteiger partial charge in [0.15, 0.2) is 16.6 Å². The first kappa shape index (κ1) is 16.9. The Hall–Kier alpha value is -0.126. The van der Waals surface area contributed by atoms with Gasteiger partial charge in [0.05, 0.1) is 0 Å². The van der Waals surface area contributed by atoms with Gasteiger partial charge in [-0.25, -0.2) is 0 Å². The molecular formula is C14H30OSi2. The first-order valence-corrected chi connectivity index (χ1v) is 13.1. The summed E-state index contributed by atoms with van der Waals surface area (Å²) in [4.78, 5) is 0. The molecule has 17 heavy (non-hydrogen) atoms. The minimum absolute atomic E-state index is 1.13. The molecule has 100 valence electrons. The van der Waals surface area contributed by atoms with Crippen LogP contribution in [0.15, 0.2) is 24.3 Å².